The molecule has 0 unspecified atom stereocenters. The van der Waals surface area contributed by atoms with E-state index in [-0.39, 0.29) is 0 Å². The summed E-state index contributed by atoms with van der Waals surface area (Å²) < 4.78 is 5.20. The first kappa shape index (κ1) is 10.9. The highest BCUT2D eigenvalue weighted by Gasteiger charge is 2.11. The van der Waals surface area contributed by atoms with Gasteiger partial charge in [-0.05, 0) is 31.0 Å². The van der Waals surface area contributed by atoms with Gasteiger partial charge in [-0.1, -0.05) is 11.6 Å². The van der Waals surface area contributed by atoms with Crippen LogP contribution in [0.5, 0.6) is 5.75 Å². The van der Waals surface area contributed by atoms with Crippen molar-refractivity contribution in [2.45, 2.75) is 20.3 Å². The summed E-state index contributed by atoms with van der Waals surface area (Å²) >= 11 is 6.08. The van der Waals surface area contributed by atoms with Crippen LogP contribution in [0.25, 0.3) is 0 Å². The Morgan fingerprint density at radius 3 is 2.64 bits per heavy atom. The van der Waals surface area contributed by atoms with E-state index in [9.17, 15) is 0 Å². The summed E-state index contributed by atoms with van der Waals surface area (Å²) in [6, 6.07) is 3.97. The highest BCUT2D eigenvalue weighted by Crippen LogP contribution is 2.31. The van der Waals surface area contributed by atoms with Crippen molar-refractivity contribution in [3.05, 3.63) is 27.8 Å². The van der Waals surface area contributed by atoms with Gasteiger partial charge in [0, 0.05) is 10.6 Å². The van der Waals surface area contributed by atoms with Crippen LogP contribution in [-0.4, -0.2) is 7.11 Å². The van der Waals surface area contributed by atoms with Crippen LogP contribution in [0.4, 0.5) is 0 Å². The molecule has 14 heavy (non-hydrogen) atoms. The van der Waals surface area contributed by atoms with Gasteiger partial charge in [-0.3, -0.25) is 0 Å². The lowest BCUT2D eigenvalue weighted by atomic mass is 10.0. The lowest BCUT2D eigenvalue weighted by molar-refractivity contribution is 0.410. The highest BCUT2D eigenvalue weighted by molar-refractivity contribution is 6.32. The van der Waals surface area contributed by atoms with Gasteiger partial charge in [0.1, 0.15) is 5.75 Å². The van der Waals surface area contributed by atoms with Crippen LogP contribution in [0.15, 0.2) is 6.07 Å². The molecular formula is C11H12ClNO. The topological polar surface area (TPSA) is 33.0 Å². The Kier molecular flexibility index (Phi) is 3.38. The van der Waals surface area contributed by atoms with Crippen LogP contribution in [0, 0.1) is 25.2 Å². The van der Waals surface area contributed by atoms with E-state index in [1.807, 2.05) is 19.9 Å². The van der Waals surface area contributed by atoms with E-state index in [0.717, 1.165) is 27.5 Å². The number of nitrogens with zero attached hydrogens (tertiary/aromatic N) is 1. The molecule has 0 N–H and O–H groups in total. The van der Waals surface area contributed by atoms with Crippen molar-refractivity contribution in [2.75, 3.05) is 7.11 Å². The molecule has 0 saturated heterocycles. The molecule has 0 aliphatic heterocycles. The molecule has 0 heterocycles. The molecule has 0 spiro atoms. The fraction of sp³-hybridized carbons (Fsp3) is 0.364. The Morgan fingerprint density at radius 1 is 1.50 bits per heavy atom. The highest BCUT2D eigenvalue weighted by atomic mass is 35.5. The van der Waals surface area contributed by atoms with E-state index in [0.29, 0.717) is 6.42 Å². The molecule has 0 bridgehead atoms. The van der Waals surface area contributed by atoms with Gasteiger partial charge in [-0.25, -0.2) is 0 Å². The van der Waals surface area contributed by atoms with E-state index < -0.39 is 0 Å². The molecule has 0 atom stereocenters. The molecule has 74 valence electrons. The normalized spacial score (nSPS) is 9.64. The predicted molar refractivity (Wildman–Crippen MR) is 56.8 cm³/mol. The second kappa shape index (κ2) is 4.34. The molecule has 0 aliphatic carbocycles. The minimum atomic E-state index is 0.328. The van der Waals surface area contributed by atoms with Gasteiger partial charge in [0.25, 0.3) is 0 Å². The van der Waals surface area contributed by atoms with E-state index >= 15 is 0 Å². The number of aryl methyl sites for hydroxylation is 1. The first-order valence-electron chi connectivity index (χ1n) is 4.31. The number of hydrogen-bond acceptors (Lipinski definition) is 2. The molecule has 0 amide bonds. The summed E-state index contributed by atoms with van der Waals surface area (Å²) in [6.45, 7) is 3.83. The number of rotatable bonds is 2. The van der Waals surface area contributed by atoms with E-state index in [1.54, 1.807) is 7.11 Å². The third-order valence-corrected chi connectivity index (χ3v) is 2.83. The van der Waals surface area contributed by atoms with Gasteiger partial charge >= 0.3 is 0 Å². The molecule has 0 aromatic heterocycles. The Labute approximate surface area is 89.1 Å². The van der Waals surface area contributed by atoms with Gasteiger partial charge in [-0.15, -0.1) is 0 Å². The Hall–Kier alpha value is -1.20. The van der Waals surface area contributed by atoms with E-state index in [1.165, 1.54) is 0 Å². The zero-order chi connectivity index (χ0) is 10.7. The molecule has 0 radical (unpaired) electrons. The summed E-state index contributed by atoms with van der Waals surface area (Å²) in [6.07, 6.45) is 0.328. The third kappa shape index (κ3) is 1.83. The van der Waals surface area contributed by atoms with Gasteiger partial charge in [0.15, 0.2) is 0 Å². The summed E-state index contributed by atoms with van der Waals surface area (Å²) in [7, 11) is 1.60. The number of nitriles is 1. The quantitative estimate of drug-likeness (QED) is 0.750. The summed E-state index contributed by atoms with van der Waals surface area (Å²) in [4.78, 5) is 0. The summed E-state index contributed by atoms with van der Waals surface area (Å²) in [5.74, 6) is 0.742. The molecule has 0 fully saturated rings. The van der Waals surface area contributed by atoms with Crippen LogP contribution in [-0.2, 0) is 6.42 Å². The maximum Gasteiger partial charge on any atom is 0.123 e. The van der Waals surface area contributed by atoms with Crippen molar-refractivity contribution in [1.29, 1.82) is 5.26 Å². The number of methoxy groups -OCH3 is 1. The Morgan fingerprint density at radius 2 is 2.14 bits per heavy atom. The number of ether oxygens (including phenoxy) is 1. The molecule has 1 aromatic rings. The van der Waals surface area contributed by atoms with Crippen LogP contribution >= 0.6 is 11.6 Å². The average Bonchev–Trinajstić information content (AvgIpc) is 2.19. The van der Waals surface area contributed by atoms with Gasteiger partial charge in [0.05, 0.1) is 19.6 Å². The summed E-state index contributed by atoms with van der Waals surface area (Å²) in [5, 5.41) is 9.39. The van der Waals surface area contributed by atoms with Gasteiger partial charge in [-0.2, -0.15) is 5.26 Å². The molecule has 2 nitrogen and oxygen atoms in total. The van der Waals surface area contributed by atoms with Crippen LogP contribution in [0.3, 0.4) is 0 Å². The Balaban J connectivity index is 3.38. The van der Waals surface area contributed by atoms with Crippen LogP contribution in [0.2, 0.25) is 5.02 Å². The van der Waals surface area contributed by atoms with E-state index in [4.69, 9.17) is 21.6 Å². The van der Waals surface area contributed by atoms with E-state index in [2.05, 4.69) is 6.07 Å². The lowest BCUT2D eigenvalue weighted by Gasteiger charge is -2.12. The maximum absolute atomic E-state index is 8.68. The second-order valence-electron chi connectivity index (χ2n) is 3.15. The van der Waals surface area contributed by atoms with Crippen LogP contribution < -0.4 is 4.74 Å². The molecular weight excluding hydrogens is 198 g/mol. The molecule has 3 heteroatoms. The van der Waals surface area contributed by atoms with Crippen molar-refractivity contribution >= 4 is 11.6 Å². The van der Waals surface area contributed by atoms with Crippen molar-refractivity contribution in [2.24, 2.45) is 0 Å². The zero-order valence-corrected chi connectivity index (χ0v) is 9.27. The average molecular weight is 210 g/mol. The Bertz CT molecular complexity index is 393. The standard InChI is InChI=1S/C11H12ClNO/c1-7-6-10(14-3)9(4-5-13)8(2)11(7)12/h6H,4H2,1-3H3. The molecule has 0 saturated carbocycles. The first-order valence-corrected chi connectivity index (χ1v) is 4.69. The number of benzene rings is 1. The van der Waals surface area contributed by atoms with Crippen molar-refractivity contribution in [3.8, 4) is 11.8 Å². The summed E-state index contributed by atoms with van der Waals surface area (Å²) in [5.41, 5.74) is 2.79. The SMILES string of the molecule is COc1cc(C)c(Cl)c(C)c1CC#N. The zero-order valence-electron chi connectivity index (χ0n) is 8.52. The first-order chi connectivity index (χ1) is 6.61. The lowest BCUT2D eigenvalue weighted by Crippen LogP contribution is -1.97. The minimum Gasteiger partial charge on any atom is -0.496 e. The molecule has 1 rings (SSSR count). The number of hydrogen-bond donors (Lipinski definition) is 0. The van der Waals surface area contributed by atoms with Crippen molar-refractivity contribution in [3.63, 3.8) is 0 Å². The fourth-order valence-corrected chi connectivity index (χ4v) is 1.61. The largest absolute Gasteiger partial charge is 0.496 e. The fourth-order valence-electron chi connectivity index (χ4n) is 1.44. The van der Waals surface area contributed by atoms with Crippen LogP contribution in [0.1, 0.15) is 16.7 Å². The number of halogens is 1. The smallest absolute Gasteiger partial charge is 0.123 e. The van der Waals surface area contributed by atoms with Gasteiger partial charge in [0.2, 0.25) is 0 Å². The predicted octanol–water partition coefficient (Wildman–Crippen LogP) is 3.03. The van der Waals surface area contributed by atoms with Gasteiger partial charge < -0.3 is 4.74 Å². The third-order valence-electron chi connectivity index (χ3n) is 2.25. The van der Waals surface area contributed by atoms with Crippen molar-refractivity contribution in [1.82, 2.24) is 0 Å². The van der Waals surface area contributed by atoms with Crippen molar-refractivity contribution < 1.29 is 4.74 Å². The molecule has 0 aliphatic rings. The minimum absolute atomic E-state index is 0.328. The maximum atomic E-state index is 8.68. The second-order valence-corrected chi connectivity index (χ2v) is 3.53. The molecule has 1 aromatic carbocycles. The monoisotopic (exact) mass is 209 g/mol.